The SMILES string of the molecule is CCCCN(CC)CCCC(=O)c1ccc(Br)cc1. The van der Waals surface area contributed by atoms with Gasteiger partial charge in [-0.1, -0.05) is 48.3 Å². The highest BCUT2D eigenvalue weighted by Crippen LogP contribution is 2.12. The van der Waals surface area contributed by atoms with Gasteiger partial charge in [0, 0.05) is 16.5 Å². The lowest BCUT2D eigenvalue weighted by Crippen LogP contribution is -2.26. The molecule has 0 spiro atoms. The Morgan fingerprint density at radius 1 is 1.11 bits per heavy atom. The topological polar surface area (TPSA) is 20.3 Å². The number of hydrogen-bond acceptors (Lipinski definition) is 2. The third kappa shape index (κ3) is 6.35. The molecule has 106 valence electrons. The van der Waals surface area contributed by atoms with Crippen LogP contribution in [0.2, 0.25) is 0 Å². The Morgan fingerprint density at radius 2 is 1.74 bits per heavy atom. The molecule has 0 bridgehead atoms. The van der Waals surface area contributed by atoms with Crippen molar-refractivity contribution in [2.75, 3.05) is 19.6 Å². The number of nitrogens with zero attached hydrogens (tertiary/aromatic N) is 1. The molecule has 0 aliphatic carbocycles. The Bertz CT molecular complexity index is 375. The summed E-state index contributed by atoms with van der Waals surface area (Å²) >= 11 is 3.38. The molecule has 1 rings (SSSR count). The molecule has 2 nitrogen and oxygen atoms in total. The highest BCUT2D eigenvalue weighted by Gasteiger charge is 2.07. The number of ketones is 1. The molecule has 0 radical (unpaired) electrons. The van der Waals surface area contributed by atoms with Crippen LogP contribution < -0.4 is 0 Å². The van der Waals surface area contributed by atoms with Crippen molar-refractivity contribution < 1.29 is 4.79 Å². The fourth-order valence-corrected chi connectivity index (χ4v) is 2.32. The number of benzene rings is 1. The molecule has 0 amide bonds. The van der Waals surface area contributed by atoms with E-state index in [0.717, 1.165) is 36.1 Å². The maximum Gasteiger partial charge on any atom is 0.162 e. The standard InChI is InChI=1S/C16H24BrNO/c1-3-5-12-18(4-2)13-6-7-16(19)14-8-10-15(17)11-9-14/h8-11H,3-7,12-13H2,1-2H3. The average molecular weight is 326 g/mol. The van der Waals surface area contributed by atoms with E-state index in [2.05, 4.69) is 34.7 Å². The van der Waals surface area contributed by atoms with Gasteiger partial charge in [0.25, 0.3) is 0 Å². The van der Waals surface area contributed by atoms with Gasteiger partial charge in [-0.05, 0) is 44.6 Å². The van der Waals surface area contributed by atoms with Gasteiger partial charge in [0.15, 0.2) is 5.78 Å². The van der Waals surface area contributed by atoms with Gasteiger partial charge in [-0.3, -0.25) is 4.79 Å². The Balaban J connectivity index is 2.31. The molecular weight excluding hydrogens is 302 g/mol. The Kier molecular flexibility index (Phi) is 7.99. The minimum Gasteiger partial charge on any atom is -0.304 e. The summed E-state index contributed by atoms with van der Waals surface area (Å²) in [6.45, 7) is 7.65. The lowest BCUT2D eigenvalue weighted by molar-refractivity contribution is 0.0975. The minimum atomic E-state index is 0.249. The van der Waals surface area contributed by atoms with E-state index in [-0.39, 0.29) is 5.78 Å². The van der Waals surface area contributed by atoms with E-state index in [9.17, 15) is 4.79 Å². The molecule has 0 fully saturated rings. The van der Waals surface area contributed by atoms with Crippen molar-refractivity contribution in [1.29, 1.82) is 0 Å². The van der Waals surface area contributed by atoms with Gasteiger partial charge in [0.05, 0.1) is 0 Å². The van der Waals surface area contributed by atoms with Gasteiger partial charge in [-0.2, -0.15) is 0 Å². The second-order valence-electron chi connectivity index (χ2n) is 4.82. The maximum atomic E-state index is 12.0. The quantitative estimate of drug-likeness (QED) is 0.621. The lowest BCUT2D eigenvalue weighted by Gasteiger charge is -2.19. The minimum absolute atomic E-state index is 0.249. The van der Waals surface area contributed by atoms with Crippen LogP contribution in [0, 0.1) is 0 Å². The van der Waals surface area contributed by atoms with Crippen LogP contribution in [-0.4, -0.2) is 30.3 Å². The van der Waals surface area contributed by atoms with Crippen LogP contribution in [0.25, 0.3) is 0 Å². The summed E-state index contributed by atoms with van der Waals surface area (Å²) in [6, 6.07) is 7.63. The third-order valence-corrected chi connectivity index (χ3v) is 3.85. The van der Waals surface area contributed by atoms with Gasteiger partial charge in [0.2, 0.25) is 0 Å². The van der Waals surface area contributed by atoms with Crippen molar-refractivity contribution in [1.82, 2.24) is 4.90 Å². The number of carbonyl (C=O) groups excluding carboxylic acids is 1. The summed E-state index contributed by atoms with van der Waals surface area (Å²) in [7, 11) is 0. The van der Waals surface area contributed by atoms with Crippen molar-refractivity contribution in [2.45, 2.75) is 39.5 Å². The Hall–Kier alpha value is -0.670. The Labute approximate surface area is 125 Å². The third-order valence-electron chi connectivity index (χ3n) is 3.32. The second-order valence-corrected chi connectivity index (χ2v) is 5.74. The zero-order valence-corrected chi connectivity index (χ0v) is 13.6. The van der Waals surface area contributed by atoms with Gasteiger partial charge in [-0.25, -0.2) is 0 Å². The molecule has 0 aromatic heterocycles. The normalized spacial score (nSPS) is 10.9. The molecule has 0 saturated carbocycles. The van der Waals surface area contributed by atoms with Crippen LogP contribution in [0.1, 0.15) is 49.9 Å². The molecule has 0 unspecified atom stereocenters. The molecule has 0 atom stereocenters. The molecule has 1 aromatic rings. The first-order chi connectivity index (χ1) is 9.17. The van der Waals surface area contributed by atoms with E-state index in [0.29, 0.717) is 6.42 Å². The van der Waals surface area contributed by atoms with Crippen LogP contribution in [-0.2, 0) is 0 Å². The zero-order valence-electron chi connectivity index (χ0n) is 12.0. The molecule has 19 heavy (non-hydrogen) atoms. The highest BCUT2D eigenvalue weighted by atomic mass is 79.9. The first-order valence-corrected chi connectivity index (χ1v) is 7.97. The largest absolute Gasteiger partial charge is 0.304 e. The van der Waals surface area contributed by atoms with Crippen LogP contribution in [0.4, 0.5) is 0 Å². The zero-order chi connectivity index (χ0) is 14.1. The van der Waals surface area contributed by atoms with E-state index >= 15 is 0 Å². The molecule has 0 aliphatic rings. The molecule has 1 aromatic carbocycles. The predicted molar refractivity (Wildman–Crippen MR) is 84.7 cm³/mol. The highest BCUT2D eigenvalue weighted by molar-refractivity contribution is 9.10. The van der Waals surface area contributed by atoms with Crippen molar-refractivity contribution in [2.24, 2.45) is 0 Å². The monoisotopic (exact) mass is 325 g/mol. The molecule has 3 heteroatoms. The summed E-state index contributed by atoms with van der Waals surface area (Å²) in [5.41, 5.74) is 0.819. The van der Waals surface area contributed by atoms with Gasteiger partial charge in [0.1, 0.15) is 0 Å². The number of unbranched alkanes of at least 4 members (excludes halogenated alkanes) is 1. The molecule has 0 aliphatic heterocycles. The van der Waals surface area contributed by atoms with Crippen molar-refractivity contribution in [3.63, 3.8) is 0 Å². The van der Waals surface area contributed by atoms with Crippen LogP contribution >= 0.6 is 15.9 Å². The summed E-state index contributed by atoms with van der Waals surface area (Å²) in [6.07, 6.45) is 4.07. The van der Waals surface area contributed by atoms with Gasteiger partial charge in [-0.15, -0.1) is 0 Å². The lowest BCUT2D eigenvalue weighted by atomic mass is 10.1. The summed E-state index contributed by atoms with van der Waals surface area (Å²) in [4.78, 5) is 14.4. The van der Waals surface area contributed by atoms with Crippen LogP contribution in [0.15, 0.2) is 28.7 Å². The summed E-state index contributed by atoms with van der Waals surface area (Å²) < 4.78 is 1.01. The van der Waals surface area contributed by atoms with Gasteiger partial charge < -0.3 is 4.90 Å². The van der Waals surface area contributed by atoms with Gasteiger partial charge >= 0.3 is 0 Å². The average Bonchev–Trinajstić information content (AvgIpc) is 2.43. The van der Waals surface area contributed by atoms with Crippen molar-refractivity contribution in [3.05, 3.63) is 34.3 Å². The van der Waals surface area contributed by atoms with Crippen LogP contribution in [0.5, 0.6) is 0 Å². The smallest absolute Gasteiger partial charge is 0.162 e. The fourth-order valence-electron chi connectivity index (χ4n) is 2.05. The Morgan fingerprint density at radius 3 is 2.32 bits per heavy atom. The van der Waals surface area contributed by atoms with E-state index < -0.39 is 0 Å². The predicted octanol–water partition coefficient (Wildman–Crippen LogP) is 4.53. The number of carbonyl (C=O) groups is 1. The van der Waals surface area contributed by atoms with E-state index in [4.69, 9.17) is 0 Å². The second kappa shape index (κ2) is 9.27. The van der Waals surface area contributed by atoms with Crippen LogP contribution in [0.3, 0.4) is 0 Å². The van der Waals surface area contributed by atoms with E-state index in [1.165, 1.54) is 12.8 Å². The summed E-state index contributed by atoms with van der Waals surface area (Å²) in [5.74, 6) is 0.249. The number of Topliss-reactive ketones (excluding diaryl/α,β-unsaturated/α-hetero) is 1. The first kappa shape index (κ1) is 16.4. The van der Waals surface area contributed by atoms with E-state index in [1.54, 1.807) is 0 Å². The van der Waals surface area contributed by atoms with Crippen molar-refractivity contribution in [3.8, 4) is 0 Å². The molecule has 0 N–H and O–H groups in total. The number of rotatable bonds is 9. The maximum absolute atomic E-state index is 12.0. The molecule has 0 heterocycles. The first-order valence-electron chi connectivity index (χ1n) is 7.18. The van der Waals surface area contributed by atoms with Crippen molar-refractivity contribution >= 4 is 21.7 Å². The number of hydrogen-bond donors (Lipinski definition) is 0. The molecule has 0 saturated heterocycles. The fraction of sp³-hybridized carbons (Fsp3) is 0.562. The summed E-state index contributed by atoms with van der Waals surface area (Å²) in [5, 5.41) is 0. The number of halogens is 1. The molecular formula is C16H24BrNO. The van der Waals surface area contributed by atoms with E-state index in [1.807, 2.05) is 24.3 Å².